The quantitative estimate of drug-likeness (QED) is 0.940. The Balaban J connectivity index is 2.54. The topological polar surface area (TPSA) is 47.0 Å². The predicted molar refractivity (Wildman–Crippen MR) is 81.3 cm³/mol. The second kappa shape index (κ2) is 6.20. The number of benzene rings is 1. The van der Waals surface area contributed by atoms with Crippen LogP contribution < -0.4 is 10.1 Å². The Hall–Kier alpha value is -1.65. The normalized spacial score (nSPS) is 10.7. The van der Waals surface area contributed by atoms with Crippen molar-refractivity contribution in [1.29, 1.82) is 0 Å². The largest absolute Gasteiger partial charge is 0.496 e. The van der Waals surface area contributed by atoms with Crippen molar-refractivity contribution in [3.63, 3.8) is 0 Å². The van der Waals surface area contributed by atoms with Crippen molar-refractivity contribution in [3.05, 3.63) is 40.2 Å². The van der Waals surface area contributed by atoms with E-state index in [-0.39, 0.29) is 0 Å². The van der Waals surface area contributed by atoms with E-state index in [0.29, 0.717) is 16.6 Å². The number of hydrogen-bond acceptors (Lipinski definition) is 4. The van der Waals surface area contributed by atoms with Gasteiger partial charge in [0.15, 0.2) is 5.82 Å². The minimum atomic E-state index is 0.630. The van der Waals surface area contributed by atoms with Crippen molar-refractivity contribution in [1.82, 2.24) is 15.3 Å². The lowest BCUT2D eigenvalue weighted by atomic mass is 10.1. The molecule has 1 heterocycles. The summed E-state index contributed by atoms with van der Waals surface area (Å²) in [6.07, 6.45) is 0. The molecule has 4 nitrogen and oxygen atoms in total. The molecule has 1 aromatic heterocycles. The van der Waals surface area contributed by atoms with Gasteiger partial charge in [-0.2, -0.15) is 0 Å². The molecule has 0 radical (unpaired) electrons. The highest BCUT2D eigenvalue weighted by atomic mass is 35.5. The first-order chi connectivity index (χ1) is 9.56. The summed E-state index contributed by atoms with van der Waals surface area (Å²) in [5.41, 5.74) is 3.92. The van der Waals surface area contributed by atoms with Gasteiger partial charge in [-0.15, -0.1) is 0 Å². The maximum atomic E-state index is 5.98. The molecule has 0 atom stereocenters. The Kier molecular flexibility index (Phi) is 4.57. The number of ether oxygens (including phenoxy) is 1. The minimum Gasteiger partial charge on any atom is -0.496 e. The van der Waals surface area contributed by atoms with E-state index in [1.807, 2.05) is 33.0 Å². The number of nitrogens with zero attached hydrogens (tertiary/aromatic N) is 2. The molecule has 0 amide bonds. The third kappa shape index (κ3) is 2.92. The van der Waals surface area contributed by atoms with Crippen molar-refractivity contribution in [2.24, 2.45) is 0 Å². The number of aromatic nitrogens is 2. The number of methoxy groups -OCH3 is 1. The van der Waals surface area contributed by atoms with E-state index in [0.717, 1.165) is 29.1 Å². The van der Waals surface area contributed by atoms with Crippen LogP contribution in [-0.4, -0.2) is 24.1 Å². The fourth-order valence-electron chi connectivity index (χ4n) is 2.14. The maximum Gasteiger partial charge on any atom is 0.163 e. The van der Waals surface area contributed by atoms with Crippen molar-refractivity contribution < 1.29 is 4.74 Å². The highest BCUT2D eigenvalue weighted by molar-refractivity contribution is 6.30. The van der Waals surface area contributed by atoms with Crippen molar-refractivity contribution in [2.45, 2.75) is 20.4 Å². The summed E-state index contributed by atoms with van der Waals surface area (Å²) in [7, 11) is 3.53. The van der Waals surface area contributed by atoms with Crippen LogP contribution >= 0.6 is 11.6 Å². The third-order valence-corrected chi connectivity index (χ3v) is 3.41. The summed E-state index contributed by atoms with van der Waals surface area (Å²) < 4.78 is 5.36. The minimum absolute atomic E-state index is 0.630. The Labute approximate surface area is 124 Å². The first-order valence-corrected chi connectivity index (χ1v) is 6.77. The van der Waals surface area contributed by atoms with Gasteiger partial charge in [-0.25, -0.2) is 9.97 Å². The fraction of sp³-hybridized carbons (Fsp3) is 0.333. The van der Waals surface area contributed by atoms with Crippen molar-refractivity contribution in [3.8, 4) is 17.1 Å². The van der Waals surface area contributed by atoms with E-state index in [9.17, 15) is 0 Å². The smallest absolute Gasteiger partial charge is 0.163 e. The lowest BCUT2D eigenvalue weighted by Gasteiger charge is -2.12. The molecule has 0 saturated carbocycles. The first kappa shape index (κ1) is 14.8. The second-order valence-electron chi connectivity index (χ2n) is 4.57. The van der Waals surface area contributed by atoms with E-state index in [1.54, 1.807) is 13.2 Å². The molecule has 0 aliphatic heterocycles. The molecular formula is C15H18ClN3O. The summed E-state index contributed by atoms with van der Waals surface area (Å²) in [5.74, 6) is 1.34. The van der Waals surface area contributed by atoms with Gasteiger partial charge in [-0.3, -0.25) is 0 Å². The molecule has 1 N–H and O–H groups in total. The van der Waals surface area contributed by atoms with E-state index >= 15 is 0 Å². The Morgan fingerprint density at radius 1 is 1.20 bits per heavy atom. The van der Waals surface area contributed by atoms with Gasteiger partial charge in [0.1, 0.15) is 5.75 Å². The lowest BCUT2D eigenvalue weighted by molar-refractivity contribution is 0.416. The first-order valence-electron chi connectivity index (χ1n) is 6.39. The Morgan fingerprint density at radius 3 is 2.40 bits per heavy atom. The van der Waals surface area contributed by atoms with Crippen molar-refractivity contribution in [2.75, 3.05) is 14.2 Å². The molecule has 0 saturated heterocycles. The lowest BCUT2D eigenvalue weighted by Crippen LogP contribution is -2.11. The van der Waals surface area contributed by atoms with Crippen LogP contribution in [0.3, 0.4) is 0 Å². The molecule has 0 unspecified atom stereocenters. The molecular weight excluding hydrogens is 274 g/mol. The molecule has 0 bridgehead atoms. The van der Waals surface area contributed by atoms with Gasteiger partial charge in [0, 0.05) is 28.5 Å². The van der Waals surface area contributed by atoms with Gasteiger partial charge in [0.2, 0.25) is 0 Å². The third-order valence-electron chi connectivity index (χ3n) is 3.18. The van der Waals surface area contributed by atoms with Crippen LogP contribution in [0.25, 0.3) is 11.4 Å². The molecule has 5 heteroatoms. The molecule has 106 valence electrons. The van der Waals surface area contributed by atoms with E-state index in [1.165, 1.54) is 0 Å². The van der Waals surface area contributed by atoms with Crippen LogP contribution in [0.5, 0.6) is 5.75 Å². The molecule has 2 aromatic rings. The Bertz CT molecular complexity index is 606. The number of nitrogens with one attached hydrogen (secondary N) is 1. The highest BCUT2D eigenvalue weighted by Gasteiger charge is 2.13. The zero-order valence-electron chi connectivity index (χ0n) is 12.1. The van der Waals surface area contributed by atoms with Crippen LogP contribution in [0.4, 0.5) is 0 Å². The molecule has 0 aliphatic rings. The van der Waals surface area contributed by atoms with Crippen LogP contribution in [0.1, 0.15) is 17.0 Å². The predicted octanol–water partition coefficient (Wildman–Crippen LogP) is 3.14. The zero-order valence-corrected chi connectivity index (χ0v) is 12.9. The van der Waals surface area contributed by atoms with Gasteiger partial charge in [-0.05, 0) is 39.1 Å². The van der Waals surface area contributed by atoms with E-state index in [4.69, 9.17) is 16.3 Å². The average Bonchev–Trinajstić information content (AvgIpc) is 2.42. The number of rotatable bonds is 4. The molecule has 1 aromatic carbocycles. The summed E-state index contributed by atoms with van der Waals surface area (Å²) >= 11 is 5.98. The standard InChI is InChI=1S/C15H18ClN3O/c1-9-13(8-17-3)10(2)19-15(18-9)12-6-5-11(16)7-14(12)20-4/h5-7,17H,8H2,1-4H3. The van der Waals surface area contributed by atoms with E-state index in [2.05, 4.69) is 15.3 Å². The number of aryl methyl sites for hydroxylation is 2. The summed E-state index contributed by atoms with van der Waals surface area (Å²) in [4.78, 5) is 9.17. The van der Waals surface area contributed by atoms with Gasteiger partial charge in [0.05, 0.1) is 12.7 Å². The van der Waals surface area contributed by atoms with Crippen LogP contribution in [-0.2, 0) is 6.54 Å². The van der Waals surface area contributed by atoms with Crippen molar-refractivity contribution >= 4 is 11.6 Å². The Morgan fingerprint density at radius 2 is 1.85 bits per heavy atom. The van der Waals surface area contributed by atoms with Crippen LogP contribution in [0.2, 0.25) is 5.02 Å². The van der Waals surface area contributed by atoms with Crippen LogP contribution in [0.15, 0.2) is 18.2 Å². The molecule has 0 fully saturated rings. The molecule has 2 rings (SSSR count). The summed E-state index contributed by atoms with van der Waals surface area (Å²) in [5, 5.41) is 3.76. The van der Waals surface area contributed by atoms with E-state index < -0.39 is 0 Å². The zero-order chi connectivity index (χ0) is 14.7. The molecule has 0 spiro atoms. The van der Waals surface area contributed by atoms with Gasteiger partial charge >= 0.3 is 0 Å². The van der Waals surface area contributed by atoms with Gasteiger partial charge in [0.25, 0.3) is 0 Å². The molecule has 0 aliphatic carbocycles. The van der Waals surface area contributed by atoms with Gasteiger partial charge in [-0.1, -0.05) is 11.6 Å². The van der Waals surface area contributed by atoms with Gasteiger partial charge < -0.3 is 10.1 Å². The SMILES string of the molecule is CNCc1c(C)nc(-c2ccc(Cl)cc2OC)nc1C. The second-order valence-corrected chi connectivity index (χ2v) is 5.01. The monoisotopic (exact) mass is 291 g/mol. The number of halogens is 1. The summed E-state index contributed by atoms with van der Waals surface area (Å²) in [6, 6.07) is 5.47. The highest BCUT2D eigenvalue weighted by Crippen LogP contribution is 2.31. The molecule has 20 heavy (non-hydrogen) atoms. The average molecular weight is 292 g/mol. The maximum absolute atomic E-state index is 5.98. The fourth-order valence-corrected chi connectivity index (χ4v) is 2.30. The summed E-state index contributed by atoms with van der Waals surface area (Å²) in [6.45, 7) is 4.75. The van der Waals surface area contributed by atoms with Crippen LogP contribution in [0, 0.1) is 13.8 Å². The number of hydrogen-bond donors (Lipinski definition) is 1.